The van der Waals surface area contributed by atoms with Gasteiger partial charge >= 0.3 is 0 Å². The summed E-state index contributed by atoms with van der Waals surface area (Å²) in [4.78, 5) is 15.0. The van der Waals surface area contributed by atoms with E-state index in [1.165, 1.54) is 30.6 Å². The number of hydrogen-bond acceptors (Lipinski definition) is 7. The van der Waals surface area contributed by atoms with Crippen LogP contribution in [0.3, 0.4) is 0 Å². The lowest BCUT2D eigenvalue weighted by Gasteiger charge is -2.31. The van der Waals surface area contributed by atoms with Gasteiger partial charge in [0.15, 0.2) is 5.76 Å². The van der Waals surface area contributed by atoms with Crippen molar-refractivity contribution in [2.24, 2.45) is 0 Å². The van der Waals surface area contributed by atoms with E-state index in [1.54, 1.807) is 6.07 Å². The molecule has 7 nitrogen and oxygen atoms in total. The number of carbonyl (C=O) groups is 1. The summed E-state index contributed by atoms with van der Waals surface area (Å²) in [5.74, 6) is 0.866. The lowest BCUT2D eigenvalue weighted by Crippen LogP contribution is -2.40. The largest absolute Gasteiger partial charge is 0.454 e. The van der Waals surface area contributed by atoms with E-state index in [9.17, 15) is 4.79 Å². The molecule has 25 heavy (non-hydrogen) atoms. The third-order valence-electron chi connectivity index (χ3n) is 4.60. The van der Waals surface area contributed by atoms with Crippen LogP contribution in [0, 0.1) is 0 Å². The number of rotatable bonds is 5. The van der Waals surface area contributed by atoms with Crippen LogP contribution < -0.4 is 11.1 Å². The molecule has 2 aromatic rings. The van der Waals surface area contributed by atoms with Crippen molar-refractivity contribution in [3.63, 3.8) is 0 Å². The maximum absolute atomic E-state index is 12.6. The summed E-state index contributed by atoms with van der Waals surface area (Å²) in [5.41, 5.74) is 4.96. The maximum atomic E-state index is 12.6. The average Bonchev–Trinajstić information content (AvgIpc) is 3.24. The molecule has 3 rings (SSSR count). The van der Waals surface area contributed by atoms with Crippen molar-refractivity contribution in [2.45, 2.75) is 51.6 Å². The molecule has 0 aliphatic carbocycles. The molecule has 1 amide bonds. The van der Waals surface area contributed by atoms with E-state index in [4.69, 9.17) is 10.2 Å². The summed E-state index contributed by atoms with van der Waals surface area (Å²) in [5, 5.41) is 11.8. The van der Waals surface area contributed by atoms with Gasteiger partial charge in [0.2, 0.25) is 5.13 Å². The number of amides is 1. The summed E-state index contributed by atoms with van der Waals surface area (Å²) < 4.78 is 5.84. The van der Waals surface area contributed by atoms with E-state index in [0.717, 1.165) is 18.8 Å². The van der Waals surface area contributed by atoms with Crippen LogP contribution >= 0.6 is 11.3 Å². The third kappa shape index (κ3) is 4.01. The molecule has 2 aromatic heterocycles. The molecule has 3 N–H and O–H groups in total. The Kier molecular flexibility index (Phi) is 5.10. The van der Waals surface area contributed by atoms with Crippen molar-refractivity contribution >= 4 is 22.4 Å². The molecule has 1 aliphatic rings. The Morgan fingerprint density at radius 1 is 1.32 bits per heavy atom. The van der Waals surface area contributed by atoms with Crippen LogP contribution in [-0.4, -0.2) is 34.1 Å². The van der Waals surface area contributed by atoms with Gasteiger partial charge in [0.25, 0.3) is 5.91 Å². The van der Waals surface area contributed by atoms with Crippen LogP contribution in [0.5, 0.6) is 0 Å². The first-order valence-electron chi connectivity index (χ1n) is 8.62. The highest BCUT2D eigenvalue weighted by Gasteiger charge is 2.29. The van der Waals surface area contributed by atoms with Gasteiger partial charge in [0.05, 0.1) is 11.6 Å². The minimum absolute atomic E-state index is 0.179. The quantitative estimate of drug-likeness (QED) is 0.848. The van der Waals surface area contributed by atoms with Gasteiger partial charge in [-0.15, -0.1) is 10.2 Å². The number of hydrogen-bond donors (Lipinski definition) is 2. The first kappa shape index (κ1) is 17.9. The number of piperidine rings is 1. The van der Waals surface area contributed by atoms with Crippen LogP contribution in [-0.2, 0) is 5.54 Å². The highest BCUT2D eigenvalue weighted by Crippen LogP contribution is 2.27. The Bertz CT molecular complexity index is 733. The molecule has 0 spiro atoms. The third-order valence-corrected chi connectivity index (χ3v) is 5.68. The van der Waals surface area contributed by atoms with Crippen LogP contribution in [0.25, 0.3) is 0 Å². The van der Waals surface area contributed by atoms with Crippen LogP contribution in [0.1, 0.15) is 67.4 Å². The fourth-order valence-corrected chi connectivity index (χ4v) is 3.74. The molecule has 3 heterocycles. The van der Waals surface area contributed by atoms with Crippen molar-refractivity contribution in [3.05, 3.63) is 28.7 Å². The van der Waals surface area contributed by atoms with E-state index in [1.807, 2.05) is 19.9 Å². The molecule has 0 unspecified atom stereocenters. The SMILES string of the molecule is C[C@@H](c1ccc(C(=O)NC(C)(C)c2nnc(N)s2)o1)N1CCCCC1. The second-order valence-electron chi connectivity index (χ2n) is 7.00. The molecule has 0 aromatic carbocycles. The van der Waals surface area contributed by atoms with Crippen LogP contribution in [0.15, 0.2) is 16.5 Å². The fourth-order valence-electron chi connectivity index (χ4n) is 3.07. The number of nitrogen functional groups attached to an aromatic ring is 1. The van der Waals surface area contributed by atoms with E-state index in [2.05, 4.69) is 27.3 Å². The smallest absolute Gasteiger partial charge is 0.287 e. The Morgan fingerprint density at radius 3 is 2.68 bits per heavy atom. The van der Waals surface area contributed by atoms with Crippen LogP contribution in [0.4, 0.5) is 5.13 Å². The molecule has 1 saturated heterocycles. The second kappa shape index (κ2) is 7.13. The number of anilines is 1. The van der Waals surface area contributed by atoms with Crippen molar-refractivity contribution in [1.29, 1.82) is 0 Å². The van der Waals surface area contributed by atoms with Crippen molar-refractivity contribution in [1.82, 2.24) is 20.4 Å². The van der Waals surface area contributed by atoms with E-state index in [0.29, 0.717) is 15.9 Å². The zero-order chi connectivity index (χ0) is 18.0. The Labute approximate surface area is 151 Å². The molecule has 136 valence electrons. The van der Waals surface area contributed by atoms with Gasteiger partial charge in [-0.25, -0.2) is 0 Å². The number of aromatic nitrogens is 2. The van der Waals surface area contributed by atoms with E-state index >= 15 is 0 Å². The Balaban J connectivity index is 1.68. The molecular formula is C17H25N5O2S. The van der Waals surface area contributed by atoms with Gasteiger partial charge in [0, 0.05) is 0 Å². The zero-order valence-corrected chi connectivity index (χ0v) is 15.7. The number of nitrogens with one attached hydrogen (secondary N) is 1. The summed E-state index contributed by atoms with van der Waals surface area (Å²) in [6.45, 7) is 8.01. The summed E-state index contributed by atoms with van der Waals surface area (Å²) in [7, 11) is 0. The molecule has 0 radical (unpaired) electrons. The fraction of sp³-hybridized carbons (Fsp3) is 0.588. The number of nitrogens with two attached hydrogens (primary N) is 1. The molecule has 1 fully saturated rings. The number of nitrogens with zero attached hydrogens (tertiary/aromatic N) is 3. The molecule has 1 aliphatic heterocycles. The lowest BCUT2D eigenvalue weighted by atomic mass is 10.1. The normalized spacial score (nSPS) is 17.4. The maximum Gasteiger partial charge on any atom is 0.287 e. The Morgan fingerprint density at radius 2 is 2.04 bits per heavy atom. The first-order valence-corrected chi connectivity index (χ1v) is 9.44. The topological polar surface area (TPSA) is 97.3 Å². The molecule has 0 bridgehead atoms. The predicted octanol–water partition coefficient (Wildman–Crippen LogP) is 2.93. The van der Waals surface area contributed by atoms with Gasteiger partial charge in [-0.1, -0.05) is 17.8 Å². The number of furan rings is 1. The highest BCUT2D eigenvalue weighted by molar-refractivity contribution is 7.15. The summed E-state index contributed by atoms with van der Waals surface area (Å²) in [6.07, 6.45) is 3.73. The standard InChI is InChI=1S/C17H25N5O2S/c1-11(22-9-5-4-6-10-22)12-7-8-13(24-12)14(23)19-17(2,3)15-20-21-16(18)25-15/h7-8,11H,4-6,9-10H2,1-3H3,(H2,18,21)(H,19,23)/t11-/m0/s1. The van der Waals surface area contributed by atoms with Crippen LogP contribution in [0.2, 0.25) is 0 Å². The van der Waals surface area contributed by atoms with Crippen molar-refractivity contribution in [3.8, 4) is 0 Å². The average molecular weight is 363 g/mol. The van der Waals surface area contributed by atoms with E-state index < -0.39 is 5.54 Å². The molecular weight excluding hydrogens is 338 g/mol. The molecule has 8 heteroatoms. The van der Waals surface area contributed by atoms with E-state index in [-0.39, 0.29) is 11.9 Å². The minimum atomic E-state index is -0.669. The summed E-state index contributed by atoms with van der Waals surface area (Å²) >= 11 is 1.26. The highest BCUT2D eigenvalue weighted by atomic mass is 32.1. The minimum Gasteiger partial charge on any atom is -0.454 e. The van der Waals surface area contributed by atoms with Gasteiger partial charge in [-0.2, -0.15) is 0 Å². The summed E-state index contributed by atoms with van der Waals surface area (Å²) in [6, 6.07) is 3.80. The Hall–Kier alpha value is -1.93. The second-order valence-corrected chi connectivity index (χ2v) is 8.01. The lowest BCUT2D eigenvalue weighted by molar-refractivity contribution is 0.0874. The van der Waals surface area contributed by atoms with Gasteiger partial charge in [0.1, 0.15) is 10.8 Å². The van der Waals surface area contributed by atoms with Crippen molar-refractivity contribution < 1.29 is 9.21 Å². The number of likely N-dealkylation sites (tertiary alicyclic amines) is 1. The molecule has 0 saturated carbocycles. The van der Waals surface area contributed by atoms with Crippen molar-refractivity contribution in [2.75, 3.05) is 18.8 Å². The monoisotopic (exact) mass is 363 g/mol. The molecule has 1 atom stereocenters. The zero-order valence-electron chi connectivity index (χ0n) is 14.9. The predicted molar refractivity (Wildman–Crippen MR) is 97.4 cm³/mol. The first-order chi connectivity index (χ1) is 11.9. The van der Waals surface area contributed by atoms with Gasteiger partial charge in [-0.3, -0.25) is 9.69 Å². The van der Waals surface area contributed by atoms with Gasteiger partial charge in [-0.05, 0) is 58.8 Å². The van der Waals surface area contributed by atoms with Gasteiger partial charge < -0.3 is 15.5 Å². The number of carbonyl (C=O) groups excluding carboxylic acids is 1.